The molecule has 0 radical (unpaired) electrons. The van der Waals surface area contributed by atoms with Gasteiger partial charge in [0.1, 0.15) is 0 Å². The Bertz CT molecular complexity index is 467. The highest BCUT2D eigenvalue weighted by Crippen LogP contribution is 2.26. The number of anilines is 1. The number of halogens is 1. The van der Waals surface area contributed by atoms with E-state index in [4.69, 9.17) is 4.74 Å². The maximum Gasteiger partial charge on any atom is 0.282 e. The van der Waals surface area contributed by atoms with Crippen molar-refractivity contribution in [3.63, 3.8) is 0 Å². The van der Waals surface area contributed by atoms with E-state index in [1.165, 1.54) is 0 Å². The molecule has 0 saturated carbocycles. The van der Waals surface area contributed by atoms with Gasteiger partial charge >= 0.3 is 0 Å². The SMILES string of the molecule is CCC1OCCC1CNc1ccc([N+](=O)[O-])c(I)c1. The summed E-state index contributed by atoms with van der Waals surface area (Å²) in [5, 5.41) is 14.1. The highest BCUT2D eigenvalue weighted by atomic mass is 127. The van der Waals surface area contributed by atoms with E-state index in [-0.39, 0.29) is 10.6 Å². The van der Waals surface area contributed by atoms with Gasteiger partial charge in [-0.2, -0.15) is 0 Å². The van der Waals surface area contributed by atoms with Gasteiger partial charge in [-0.1, -0.05) is 6.92 Å². The van der Waals surface area contributed by atoms with Crippen LogP contribution in [0.3, 0.4) is 0 Å². The van der Waals surface area contributed by atoms with Crippen molar-refractivity contribution in [2.75, 3.05) is 18.5 Å². The molecule has 1 heterocycles. The Morgan fingerprint density at radius 3 is 3.00 bits per heavy atom. The Balaban J connectivity index is 1.96. The molecule has 1 fully saturated rings. The van der Waals surface area contributed by atoms with Crippen LogP contribution in [-0.4, -0.2) is 24.2 Å². The Labute approximate surface area is 126 Å². The maximum atomic E-state index is 10.7. The van der Waals surface area contributed by atoms with Crippen LogP contribution in [0.15, 0.2) is 18.2 Å². The Morgan fingerprint density at radius 1 is 1.58 bits per heavy atom. The van der Waals surface area contributed by atoms with Gasteiger partial charge in [0.15, 0.2) is 0 Å². The number of benzene rings is 1. The summed E-state index contributed by atoms with van der Waals surface area (Å²) in [5.74, 6) is 0.526. The summed E-state index contributed by atoms with van der Waals surface area (Å²) in [7, 11) is 0. The Morgan fingerprint density at radius 2 is 2.37 bits per heavy atom. The molecular weight excluding hydrogens is 359 g/mol. The van der Waals surface area contributed by atoms with Crippen LogP contribution < -0.4 is 5.32 Å². The first-order chi connectivity index (χ1) is 9.11. The molecular formula is C13H17IN2O3. The molecule has 0 aromatic heterocycles. The van der Waals surface area contributed by atoms with Gasteiger partial charge in [0.05, 0.1) is 14.6 Å². The predicted octanol–water partition coefficient (Wildman–Crippen LogP) is 3.43. The molecule has 2 atom stereocenters. The van der Waals surface area contributed by atoms with Crippen LogP contribution in [0.4, 0.5) is 11.4 Å². The lowest BCUT2D eigenvalue weighted by Crippen LogP contribution is -2.22. The van der Waals surface area contributed by atoms with Crippen LogP contribution in [-0.2, 0) is 4.74 Å². The normalized spacial score (nSPS) is 22.4. The zero-order chi connectivity index (χ0) is 13.8. The molecule has 0 spiro atoms. The summed E-state index contributed by atoms with van der Waals surface area (Å²) in [6.07, 6.45) is 2.45. The summed E-state index contributed by atoms with van der Waals surface area (Å²) in [6.45, 7) is 3.83. The van der Waals surface area contributed by atoms with E-state index in [9.17, 15) is 10.1 Å². The summed E-state index contributed by atoms with van der Waals surface area (Å²) >= 11 is 1.99. The van der Waals surface area contributed by atoms with Gasteiger partial charge in [0.2, 0.25) is 0 Å². The number of nitrogens with one attached hydrogen (secondary N) is 1. The minimum atomic E-state index is -0.358. The zero-order valence-electron chi connectivity index (χ0n) is 10.8. The predicted molar refractivity (Wildman–Crippen MR) is 82.4 cm³/mol. The molecule has 1 aromatic carbocycles. The Kier molecular flexibility index (Phi) is 4.98. The molecule has 5 nitrogen and oxygen atoms in total. The number of hydrogen-bond acceptors (Lipinski definition) is 4. The summed E-state index contributed by atoms with van der Waals surface area (Å²) in [6, 6.07) is 5.12. The molecule has 1 N–H and O–H groups in total. The quantitative estimate of drug-likeness (QED) is 0.486. The van der Waals surface area contributed by atoms with Gasteiger partial charge in [0.25, 0.3) is 5.69 Å². The smallest absolute Gasteiger partial charge is 0.282 e. The van der Waals surface area contributed by atoms with E-state index < -0.39 is 0 Å². The molecule has 104 valence electrons. The molecule has 1 aliphatic heterocycles. The number of rotatable bonds is 5. The first kappa shape index (κ1) is 14.5. The summed E-state index contributed by atoms with van der Waals surface area (Å²) < 4.78 is 6.30. The van der Waals surface area contributed by atoms with Crippen molar-refractivity contribution in [1.29, 1.82) is 0 Å². The Hall–Kier alpha value is -0.890. The molecule has 19 heavy (non-hydrogen) atoms. The van der Waals surface area contributed by atoms with E-state index >= 15 is 0 Å². The monoisotopic (exact) mass is 376 g/mol. The van der Waals surface area contributed by atoms with Crippen LogP contribution in [0.2, 0.25) is 0 Å². The number of nitro groups is 1. The molecule has 1 aromatic rings. The van der Waals surface area contributed by atoms with E-state index in [0.29, 0.717) is 15.6 Å². The fourth-order valence-corrected chi connectivity index (χ4v) is 3.10. The van der Waals surface area contributed by atoms with Crippen molar-refractivity contribution in [1.82, 2.24) is 0 Å². The molecule has 1 saturated heterocycles. The van der Waals surface area contributed by atoms with Crippen LogP contribution >= 0.6 is 22.6 Å². The standard InChI is InChI=1S/C13H17IN2O3/c1-2-13-9(5-6-19-13)8-15-10-3-4-12(16(17)18)11(14)7-10/h3-4,7,9,13,15H,2,5-6,8H2,1H3. The van der Waals surface area contributed by atoms with E-state index in [1.54, 1.807) is 12.1 Å². The number of nitro benzene ring substituents is 1. The third kappa shape index (κ3) is 3.56. The molecule has 2 unspecified atom stereocenters. The second-order valence-electron chi connectivity index (χ2n) is 4.67. The topological polar surface area (TPSA) is 64.4 Å². The van der Waals surface area contributed by atoms with Gasteiger partial charge in [0, 0.05) is 30.8 Å². The highest BCUT2D eigenvalue weighted by molar-refractivity contribution is 14.1. The summed E-state index contributed by atoms with van der Waals surface area (Å²) in [5.41, 5.74) is 1.08. The lowest BCUT2D eigenvalue weighted by molar-refractivity contribution is -0.385. The van der Waals surface area contributed by atoms with Crippen molar-refractivity contribution >= 4 is 34.0 Å². The lowest BCUT2D eigenvalue weighted by Gasteiger charge is -2.18. The average Bonchev–Trinajstić information content (AvgIpc) is 2.83. The zero-order valence-corrected chi connectivity index (χ0v) is 12.9. The van der Waals surface area contributed by atoms with Crippen LogP contribution in [0, 0.1) is 19.6 Å². The third-order valence-corrected chi connectivity index (χ3v) is 4.33. The second kappa shape index (κ2) is 6.51. The van der Waals surface area contributed by atoms with Crippen LogP contribution in [0.5, 0.6) is 0 Å². The third-order valence-electron chi connectivity index (χ3n) is 3.46. The maximum absolute atomic E-state index is 10.7. The van der Waals surface area contributed by atoms with Crippen molar-refractivity contribution in [2.45, 2.75) is 25.9 Å². The lowest BCUT2D eigenvalue weighted by atomic mass is 9.99. The second-order valence-corrected chi connectivity index (χ2v) is 5.83. The summed E-state index contributed by atoms with van der Waals surface area (Å²) in [4.78, 5) is 10.4. The molecule has 0 amide bonds. The first-order valence-electron chi connectivity index (χ1n) is 6.41. The van der Waals surface area contributed by atoms with Gasteiger partial charge < -0.3 is 10.1 Å². The van der Waals surface area contributed by atoms with Crippen molar-refractivity contribution in [3.8, 4) is 0 Å². The van der Waals surface area contributed by atoms with E-state index in [1.807, 2.05) is 28.7 Å². The van der Waals surface area contributed by atoms with Crippen LogP contribution in [0.25, 0.3) is 0 Å². The molecule has 2 rings (SSSR count). The first-order valence-corrected chi connectivity index (χ1v) is 7.49. The molecule has 1 aliphatic rings. The number of ether oxygens (including phenoxy) is 1. The van der Waals surface area contributed by atoms with Crippen molar-refractivity contribution in [3.05, 3.63) is 31.9 Å². The van der Waals surface area contributed by atoms with Gasteiger partial charge in [-0.3, -0.25) is 10.1 Å². The molecule has 0 aliphatic carbocycles. The number of hydrogen-bond donors (Lipinski definition) is 1. The molecule has 6 heteroatoms. The average molecular weight is 376 g/mol. The number of nitrogens with zero attached hydrogens (tertiary/aromatic N) is 1. The van der Waals surface area contributed by atoms with Crippen molar-refractivity contribution < 1.29 is 9.66 Å². The van der Waals surface area contributed by atoms with E-state index in [2.05, 4.69) is 12.2 Å². The van der Waals surface area contributed by atoms with Gasteiger partial charge in [-0.15, -0.1) is 0 Å². The highest BCUT2D eigenvalue weighted by Gasteiger charge is 2.26. The van der Waals surface area contributed by atoms with Gasteiger partial charge in [-0.25, -0.2) is 0 Å². The molecule has 0 bridgehead atoms. The van der Waals surface area contributed by atoms with Gasteiger partial charge in [-0.05, 0) is 47.6 Å². The fourth-order valence-electron chi connectivity index (χ4n) is 2.39. The van der Waals surface area contributed by atoms with E-state index in [0.717, 1.165) is 31.7 Å². The fraction of sp³-hybridized carbons (Fsp3) is 0.538. The van der Waals surface area contributed by atoms with Crippen molar-refractivity contribution in [2.24, 2.45) is 5.92 Å². The minimum Gasteiger partial charge on any atom is -0.385 e. The minimum absolute atomic E-state index is 0.154. The largest absolute Gasteiger partial charge is 0.385 e. The van der Waals surface area contributed by atoms with Crippen LogP contribution in [0.1, 0.15) is 19.8 Å².